The summed E-state index contributed by atoms with van der Waals surface area (Å²) >= 11 is 0. The average molecular weight is 236 g/mol. The largest absolute Gasteiger partial charge is 0.372 e. The van der Waals surface area contributed by atoms with Gasteiger partial charge < -0.3 is 15.4 Å². The molecule has 1 aliphatic rings. The molecule has 1 aromatic rings. The van der Waals surface area contributed by atoms with Crippen molar-refractivity contribution >= 4 is 5.82 Å². The Morgan fingerprint density at radius 2 is 2.00 bits per heavy atom. The Labute approximate surface area is 102 Å². The number of ether oxygens (including phenoxy) is 1. The van der Waals surface area contributed by atoms with Gasteiger partial charge in [0.1, 0.15) is 0 Å². The van der Waals surface area contributed by atoms with Crippen molar-refractivity contribution in [2.45, 2.75) is 39.5 Å². The minimum Gasteiger partial charge on any atom is -0.372 e. The second-order valence-corrected chi connectivity index (χ2v) is 4.71. The van der Waals surface area contributed by atoms with E-state index in [1.54, 1.807) is 0 Å². The van der Waals surface area contributed by atoms with E-state index in [1.165, 1.54) is 0 Å². The third-order valence-corrected chi connectivity index (χ3v) is 2.94. The van der Waals surface area contributed by atoms with E-state index in [2.05, 4.69) is 28.9 Å². The van der Waals surface area contributed by atoms with Gasteiger partial charge in [-0.3, -0.25) is 0 Å². The van der Waals surface area contributed by atoms with Crippen molar-refractivity contribution in [2.24, 2.45) is 5.73 Å². The average Bonchev–Trinajstić information content (AvgIpc) is 2.27. The summed E-state index contributed by atoms with van der Waals surface area (Å²) in [5, 5.41) is 8.41. The van der Waals surface area contributed by atoms with Crippen molar-refractivity contribution in [1.82, 2.24) is 10.2 Å². The van der Waals surface area contributed by atoms with Gasteiger partial charge in [-0.05, 0) is 32.4 Å². The van der Waals surface area contributed by atoms with Crippen molar-refractivity contribution in [1.29, 1.82) is 0 Å². The summed E-state index contributed by atoms with van der Waals surface area (Å²) in [5.74, 6) is 0.948. The molecule has 5 heteroatoms. The molecule has 17 heavy (non-hydrogen) atoms. The van der Waals surface area contributed by atoms with Crippen LogP contribution in [0.1, 0.15) is 25.1 Å². The predicted octanol–water partition coefficient (Wildman–Crippen LogP) is 0.857. The van der Waals surface area contributed by atoms with Crippen LogP contribution in [0.3, 0.4) is 0 Å². The van der Waals surface area contributed by atoms with Crippen LogP contribution in [-0.4, -0.2) is 35.5 Å². The number of hydrogen-bond donors (Lipinski definition) is 1. The van der Waals surface area contributed by atoms with Crippen LogP contribution in [0.4, 0.5) is 5.82 Å². The molecule has 2 rings (SSSR count). The molecule has 0 bridgehead atoms. The molecule has 0 unspecified atom stereocenters. The molecule has 1 aromatic heterocycles. The third-order valence-electron chi connectivity index (χ3n) is 2.94. The number of morpholine rings is 1. The molecular weight excluding hydrogens is 216 g/mol. The number of hydrogen-bond acceptors (Lipinski definition) is 5. The topological polar surface area (TPSA) is 64.3 Å². The molecular formula is C12H20N4O. The van der Waals surface area contributed by atoms with Crippen molar-refractivity contribution in [3.63, 3.8) is 0 Å². The van der Waals surface area contributed by atoms with Gasteiger partial charge in [0.05, 0.1) is 17.9 Å². The van der Waals surface area contributed by atoms with E-state index in [9.17, 15) is 0 Å². The number of nitrogens with two attached hydrogens (primary N) is 1. The Bertz CT molecular complexity index is 386. The smallest absolute Gasteiger partial charge is 0.154 e. The number of anilines is 1. The first kappa shape index (κ1) is 12.3. The maximum absolute atomic E-state index is 5.71. The van der Waals surface area contributed by atoms with E-state index < -0.39 is 0 Å². The van der Waals surface area contributed by atoms with Crippen LogP contribution < -0.4 is 10.6 Å². The summed E-state index contributed by atoms with van der Waals surface area (Å²) in [6.07, 6.45) is 0.461. The Hall–Kier alpha value is -1.20. The lowest BCUT2D eigenvalue weighted by molar-refractivity contribution is -0.00553. The number of rotatable bonds is 2. The molecule has 0 aliphatic carbocycles. The second kappa shape index (κ2) is 4.98. The van der Waals surface area contributed by atoms with Crippen molar-refractivity contribution in [3.8, 4) is 0 Å². The standard InChI is InChI=1S/C12H20N4O/c1-8-4-11(5-13)14-15-12(8)16-6-9(2)17-10(3)7-16/h4,9-10H,5-7,13H2,1-3H3/t9-,10-/m1/s1. The summed E-state index contributed by atoms with van der Waals surface area (Å²) in [4.78, 5) is 2.24. The molecule has 1 saturated heterocycles. The van der Waals surface area contributed by atoms with Gasteiger partial charge in [0.25, 0.3) is 0 Å². The van der Waals surface area contributed by atoms with Crippen LogP contribution in [0.2, 0.25) is 0 Å². The van der Waals surface area contributed by atoms with Gasteiger partial charge in [0, 0.05) is 19.6 Å². The highest BCUT2D eigenvalue weighted by Gasteiger charge is 2.24. The highest BCUT2D eigenvalue weighted by molar-refractivity contribution is 5.46. The maximum Gasteiger partial charge on any atom is 0.154 e. The fraction of sp³-hybridized carbons (Fsp3) is 0.667. The zero-order valence-electron chi connectivity index (χ0n) is 10.7. The predicted molar refractivity (Wildman–Crippen MR) is 66.9 cm³/mol. The quantitative estimate of drug-likeness (QED) is 0.825. The van der Waals surface area contributed by atoms with E-state index >= 15 is 0 Å². The van der Waals surface area contributed by atoms with Crippen LogP contribution in [0.5, 0.6) is 0 Å². The molecule has 0 amide bonds. The van der Waals surface area contributed by atoms with Gasteiger partial charge in [-0.15, -0.1) is 5.10 Å². The van der Waals surface area contributed by atoms with Crippen LogP contribution in [-0.2, 0) is 11.3 Å². The molecule has 0 aromatic carbocycles. The summed E-state index contributed by atoms with van der Waals surface area (Å²) < 4.78 is 5.71. The number of nitrogens with zero attached hydrogens (tertiary/aromatic N) is 3. The lowest BCUT2D eigenvalue weighted by Crippen LogP contribution is -2.46. The van der Waals surface area contributed by atoms with Crippen LogP contribution in [0.25, 0.3) is 0 Å². The molecule has 2 N–H and O–H groups in total. The zero-order chi connectivity index (χ0) is 12.4. The van der Waals surface area contributed by atoms with E-state index in [4.69, 9.17) is 10.5 Å². The summed E-state index contributed by atoms with van der Waals surface area (Å²) in [6.45, 7) is 8.38. The van der Waals surface area contributed by atoms with E-state index in [0.717, 1.165) is 30.2 Å². The third kappa shape index (κ3) is 2.73. The van der Waals surface area contributed by atoms with Crippen molar-refractivity contribution in [2.75, 3.05) is 18.0 Å². The van der Waals surface area contributed by atoms with Crippen LogP contribution in [0.15, 0.2) is 6.07 Å². The lowest BCUT2D eigenvalue weighted by atomic mass is 10.2. The monoisotopic (exact) mass is 236 g/mol. The molecule has 2 atom stereocenters. The lowest BCUT2D eigenvalue weighted by Gasteiger charge is -2.36. The van der Waals surface area contributed by atoms with Gasteiger partial charge in [-0.1, -0.05) is 0 Å². The Balaban J connectivity index is 2.21. The first-order chi connectivity index (χ1) is 8.10. The molecule has 94 valence electrons. The highest BCUT2D eigenvalue weighted by atomic mass is 16.5. The highest BCUT2D eigenvalue weighted by Crippen LogP contribution is 2.21. The fourth-order valence-electron chi connectivity index (χ4n) is 2.30. The molecule has 5 nitrogen and oxygen atoms in total. The van der Waals surface area contributed by atoms with Gasteiger partial charge in [0.15, 0.2) is 5.82 Å². The normalized spacial score (nSPS) is 25.1. The zero-order valence-corrected chi connectivity index (χ0v) is 10.7. The maximum atomic E-state index is 5.71. The van der Waals surface area contributed by atoms with Crippen LogP contribution >= 0.6 is 0 Å². The molecule has 0 radical (unpaired) electrons. The number of aromatic nitrogens is 2. The van der Waals surface area contributed by atoms with Crippen molar-refractivity contribution in [3.05, 3.63) is 17.3 Å². The SMILES string of the molecule is Cc1cc(CN)nnc1N1C[C@@H](C)O[C@H](C)C1. The van der Waals surface area contributed by atoms with E-state index in [-0.39, 0.29) is 12.2 Å². The first-order valence-electron chi connectivity index (χ1n) is 6.04. The van der Waals surface area contributed by atoms with Gasteiger partial charge in [-0.25, -0.2) is 0 Å². The minimum absolute atomic E-state index is 0.231. The first-order valence-corrected chi connectivity index (χ1v) is 6.04. The van der Waals surface area contributed by atoms with Gasteiger partial charge in [-0.2, -0.15) is 5.10 Å². The van der Waals surface area contributed by atoms with Gasteiger partial charge >= 0.3 is 0 Å². The Morgan fingerprint density at radius 1 is 1.35 bits per heavy atom. The van der Waals surface area contributed by atoms with E-state index in [1.807, 2.05) is 13.0 Å². The summed E-state index contributed by atoms with van der Waals surface area (Å²) in [5.41, 5.74) is 7.52. The molecule has 0 spiro atoms. The molecule has 1 fully saturated rings. The second-order valence-electron chi connectivity index (χ2n) is 4.71. The summed E-state index contributed by atoms with van der Waals surface area (Å²) in [7, 11) is 0. The Morgan fingerprint density at radius 3 is 2.53 bits per heavy atom. The Kier molecular flexibility index (Phi) is 3.59. The fourth-order valence-corrected chi connectivity index (χ4v) is 2.30. The van der Waals surface area contributed by atoms with E-state index in [0.29, 0.717) is 6.54 Å². The van der Waals surface area contributed by atoms with Crippen molar-refractivity contribution < 1.29 is 4.74 Å². The minimum atomic E-state index is 0.231. The molecule has 2 heterocycles. The number of aryl methyl sites for hydroxylation is 1. The molecule has 0 saturated carbocycles. The molecule has 1 aliphatic heterocycles. The summed E-state index contributed by atoms with van der Waals surface area (Å²) in [6, 6.07) is 2.01. The van der Waals surface area contributed by atoms with Crippen LogP contribution in [0, 0.1) is 6.92 Å². The van der Waals surface area contributed by atoms with Gasteiger partial charge in [0.2, 0.25) is 0 Å².